The zero-order valence-corrected chi connectivity index (χ0v) is 13.9. The van der Waals surface area contributed by atoms with E-state index < -0.39 is 11.5 Å². The van der Waals surface area contributed by atoms with Crippen LogP contribution in [0.3, 0.4) is 0 Å². The van der Waals surface area contributed by atoms with Crippen LogP contribution in [0.5, 0.6) is 0 Å². The smallest absolute Gasteiger partial charge is 0.337 e. The van der Waals surface area contributed by atoms with Gasteiger partial charge in [-0.3, -0.25) is 0 Å². The highest BCUT2D eigenvalue weighted by molar-refractivity contribution is 5.97. The zero-order chi connectivity index (χ0) is 17.6. The normalized spacial score (nSPS) is 19.8. The number of methoxy groups -OCH3 is 1. The fourth-order valence-corrected chi connectivity index (χ4v) is 3.40. The number of nitrogens with zero attached hydrogens (tertiary/aromatic N) is 3. The average molecular weight is 335 g/mol. The fourth-order valence-electron chi connectivity index (χ4n) is 3.40. The van der Waals surface area contributed by atoms with Crippen LogP contribution < -0.4 is 0 Å². The molecular formula is C19H17N3O3. The maximum absolute atomic E-state index is 12.2. The van der Waals surface area contributed by atoms with Crippen LogP contribution >= 0.6 is 0 Å². The van der Waals surface area contributed by atoms with Crippen molar-refractivity contribution >= 4 is 22.8 Å². The molecule has 0 saturated carbocycles. The molecule has 126 valence electrons. The number of hydrogen-bond acceptors (Lipinski definition) is 5. The quantitative estimate of drug-likeness (QED) is 0.728. The number of aliphatic hydroxyl groups is 1. The van der Waals surface area contributed by atoms with Gasteiger partial charge in [-0.2, -0.15) is 15.0 Å². The van der Waals surface area contributed by atoms with E-state index in [1.54, 1.807) is 10.9 Å². The van der Waals surface area contributed by atoms with Gasteiger partial charge in [-0.15, -0.1) is 0 Å². The molecular weight excluding hydrogens is 318 g/mol. The van der Waals surface area contributed by atoms with Gasteiger partial charge in [-0.1, -0.05) is 36.4 Å². The van der Waals surface area contributed by atoms with Crippen LogP contribution in [0, 0.1) is 0 Å². The number of esters is 1. The Bertz CT molecular complexity index is 988. The Morgan fingerprint density at radius 3 is 2.36 bits per heavy atom. The Morgan fingerprint density at radius 2 is 1.72 bits per heavy atom. The van der Waals surface area contributed by atoms with Gasteiger partial charge in [0, 0.05) is 12.0 Å². The first-order valence-corrected chi connectivity index (χ1v) is 7.97. The van der Waals surface area contributed by atoms with Crippen molar-refractivity contribution in [1.82, 2.24) is 15.0 Å². The van der Waals surface area contributed by atoms with E-state index in [-0.39, 0.29) is 17.8 Å². The number of carbonyl (C=O) groups is 1. The first-order valence-electron chi connectivity index (χ1n) is 7.97. The minimum absolute atomic E-state index is 0.0448. The lowest BCUT2D eigenvalue weighted by molar-refractivity contribution is -0.136. The average Bonchev–Trinajstić information content (AvgIpc) is 3.09. The zero-order valence-electron chi connectivity index (χ0n) is 13.9. The van der Waals surface area contributed by atoms with Gasteiger partial charge in [0.05, 0.1) is 12.7 Å². The van der Waals surface area contributed by atoms with E-state index in [9.17, 15) is 9.90 Å². The number of hydrogen-bond donors (Lipinski definition) is 1. The van der Waals surface area contributed by atoms with E-state index >= 15 is 0 Å². The summed E-state index contributed by atoms with van der Waals surface area (Å²) in [7, 11) is 1.31. The van der Waals surface area contributed by atoms with Gasteiger partial charge in [0.1, 0.15) is 22.3 Å². The topological polar surface area (TPSA) is 77.2 Å². The summed E-state index contributed by atoms with van der Waals surface area (Å²) >= 11 is 0. The second-order valence-corrected chi connectivity index (χ2v) is 6.29. The Labute approximate surface area is 144 Å². The van der Waals surface area contributed by atoms with Crippen molar-refractivity contribution in [2.45, 2.75) is 18.9 Å². The molecule has 0 radical (unpaired) electrons. The molecule has 25 heavy (non-hydrogen) atoms. The summed E-state index contributed by atoms with van der Waals surface area (Å²) in [6.07, 6.45) is 0.240. The number of benzene rings is 2. The molecule has 3 aromatic rings. The third kappa shape index (κ3) is 2.21. The predicted molar refractivity (Wildman–Crippen MR) is 92.9 cm³/mol. The Kier molecular flexibility index (Phi) is 3.35. The van der Waals surface area contributed by atoms with Gasteiger partial charge in [0.15, 0.2) is 0 Å². The van der Waals surface area contributed by atoms with E-state index in [0.29, 0.717) is 5.56 Å². The van der Waals surface area contributed by atoms with Gasteiger partial charge in [0.25, 0.3) is 0 Å². The monoisotopic (exact) mass is 335 g/mol. The molecule has 0 aliphatic heterocycles. The van der Waals surface area contributed by atoms with Crippen LogP contribution in [0.1, 0.15) is 24.5 Å². The lowest BCUT2D eigenvalue weighted by Gasteiger charge is -2.35. The number of ether oxygens (including phenoxy) is 1. The first kappa shape index (κ1) is 15.4. The Hall–Kier alpha value is -3.15. The van der Waals surface area contributed by atoms with Crippen LogP contribution in [0.2, 0.25) is 0 Å². The van der Waals surface area contributed by atoms with Crippen molar-refractivity contribution < 1.29 is 14.6 Å². The van der Waals surface area contributed by atoms with Gasteiger partial charge < -0.3 is 9.84 Å². The van der Waals surface area contributed by atoms with Crippen molar-refractivity contribution in [3.8, 4) is 0 Å². The lowest BCUT2D eigenvalue weighted by Crippen LogP contribution is -2.38. The van der Waals surface area contributed by atoms with Crippen LogP contribution in [0.15, 0.2) is 54.1 Å². The van der Waals surface area contributed by atoms with Gasteiger partial charge in [0.2, 0.25) is 0 Å². The van der Waals surface area contributed by atoms with E-state index in [4.69, 9.17) is 4.74 Å². The molecule has 1 heterocycles. The second-order valence-electron chi connectivity index (χ2n) is 6.29. The molecule has 0 amide bonds. The summed E-state index contributed by atoms with van der Waals surface area (Å²) < 4.78 is 4.86. The fraction of sp³-hybridized carbons (Fsp3) is 0.211. The largest absolute Gasteiger partial charge is 0.507 e. The summed E-state index contributed by atoms with van der Waals surface area (Å²) in [5.74, 6) is -0.591. The molecule has 1 N–H and O–H groups in total. The van der Waals surface area contributed by atoms with E-state index in [2.05, 4.69) is 10.2 Å². The maximum Gasteiger partial charge on any atom is 0.337 e. The molecule has 0 spiro atoms. The van der Waals surface area contributed by atoms with Crippen LogP contribution in [0.25, 0.3) is 16.8 Å². The minimum Gasteiger partial charge on any atom is -0.507 e. The van der Waals surface area contributed by atoms with Crippen molar-refractivity contribution in [1.29, 1.82) is 0 Å². The van der Waals surface area contributed by atoms with Crippen LogP contribution in [-0.2, 0) is 15.1 Å². The highest BCUT2D eigenvalue weighted by Crippen LogP contribution is 2.42. The maximum atomic E-state index is 12.2. The minimum atomic E-state index is -0.717. The van der Waals surface area contributed by atoms with Gasteiger partial charge >= 0.3 is 5.97 Å². The third-order valence-corrected chi connectivity index (χ3v) is 4.73. The molecule has 4 rings (SSSR count). The lowest BCUT2D eigenvalue weighted by atomic mass is 9.77. The van der Waals surface area contributed by atoms with Crippen molar-refractivity contribution in [3.05, 3.63) is 65.2 Å². The van der Waals surface area contributed by atoms with Gasteiger partial charge in [-0.05, 0) is 24.6 Å². The number of carbonyl (C=O) groups excluding carboxylic acids is 1. The summed E-state index contributed by atoms with van der Waals surface area (Å²) in [5, 5.41) is 19.8. The molecule has 1 aliphatic carbocycles. The first-order chi connectivity index (χ1) is 12.0. The molecule has 6 nitrogen and oxygen atoms in total. The molecule has 6 heteroatoms. The SMILES string of the molecule is COC(=O)C1=C(O)c2ccccc2C(C)(n2nc3ccccc3n2)C1. The molecule has 2 aromatic carbocycles. The van der Waals surface area contributed by atoms with Crippen LogP contribution in [-0.4, -0.2) is 33.2 Å². The van der Waals surface area contributed by atoms with Crippen molar-refractivity contribution in [2.75, 3.05) is 7.11 Å². The Morgan fingerprint density at radius 1 is 1.12 bits per heavy atom. The summed E-state index contributed by atoms with van der Waals surface area (Å²) in [6.45, 7) is 1.96. The molecule has 1 aromatic heterocycles. The molecule has 0 saturated heterocycles. The van der Waals surface area contributed by atoms with E-state index in [0.717, 1.165) is 16.6 Å². The standard InChI is InChI=1S/C19H17N3O3/c1-19(22-20-15-9-5-6-10-16(15)21-22)11-13(18(24)25-2)17(23)12-7-3-4-8-14(12)19/h3-10,23H,11H2,1-2H3. The van der Waals surface area contributed by atoms with Crippen molar-refractivity contribution in [3.63, 3.8) is 0 Å². The van der Waals surface area contributed by atoms with Crippen molar-refractivity contribution in [2.24, 2.45) is 0 Å². The van der Waals surface area contributed by atoms with Crippen LogP contribution in [0.4, 0.5) is 0 Å². The summed E-state index contributed by atoms with van der Waals surface area (Å²) in [6, 6.07) is 15.0. The van der Waals surface area contributed by atoms with Gasteiger partial charge in [-0.25, -0.2) is 4.79 Å². The molecule has 0 fully saturated rings. The number of aromatic nitrogens is 3. The predicted octanol–water partition coefficient (Wildman–Crippen LogP) is 3.04. The Balaban J connectivity index is 1.96. The van der Waals surface area contributed by atoms with E-state index in [1.165, 1.54) is 7.11 Å². The summed E-state index contributed by atoms with van der Waals surface area (Å²) in [4.78, 5) is 13.8. The second kappa shape index (κ2) is 5.44. The van der Waals surface area contributed by atoms with E-state index in [1.807, 2.05) is 49.4 Å². The molecule has 1 unspecified atom stereocenters. The highest BCUT2D eigenvalue weighted by atomic mass is 16.5. The molecule has 1 aliphatic rings. The molecule has 1 atom stereocenters. The third-order valence-electron chi connectivity index (χ3n) is 4.73. The number of fused-ring (bicyclic) bond motifs is 2. The highest BCUT2D eigenvalue weighted by Gasteiger charge is 2.42. The number of aliphatic hydroxyl groups excluding tert-OH is 1. The number of rotatable bonds is 2. The summed E-state index contributed by atoms with van der Waals surface area (Å²) in [5.41, 5.74) is 2.52. The molecule has 0 bridgehead atoms.